The molecular formula is C14H15N3O3S2. The Kier molecular flexibility index (Phi) is 3.88. The zero-order valence-electron chi connectivity index (χ0n) is 11.9. The van der Waals surface area contributed by atoms with Crippen molar-refractivity contribution in [1.82, 2.24) is 10.3 Å². The molecular weight excluding hydrogens is 322 g/mol. The average molecular weight is 337 g/mol. The Bertz CT molecular complexity index is 810. The number of aromatic nitrogens is 1. The van der Waals surface area contributed by atoms with Gasteiger partial charge in [0.1, 0.15) is 4.88 Å². The number of fused-ring (bicyclic) bond motifs is 1. The van der Waals surface area contributed by atoms with Crippen LogP contribution in [-0.4, -0.2) is 25.9 Å². The molecule has 0 bridgehead atoms. The zero-order valence-corrected chi connectivity index (χ0v) is 13.6. The highest BCUT2D eigenvalue weighted by Gasteiger charge is 2.23. The van der Waals surface area contributed by atoms with Crippen LogP contribution >= 0.6 is 11.3 Å². The summed E-state index contributed by atoms with van der Waals surface area (Å²) >= 11 is 1.07. The predicted octanol–water partition coefficient (Wildman–Crippen LogP) is 1.93. The summed E-state index contributed by atoms with van der Waals surface area (Å²) in [6.45, 7) is 2.51. The highest BCUT2D eigenvalue weighted by Crippen LogP contribution is 2.27. The van der Waals surface area contributed by atoms with Crippen LogP contribution in [0.15, 0.2) is 29.2 Å². The van der Waals surface area contributed by atoms with Crippen molar-refractivity contribution in [2.75, 3.05) is 11.3 Å². The third-order valence-electron chi connectivity index (χ3n) is 3.33. The van der Waals surface area contributed by atoms with Gasteiger partial charge in [-0.2, -0.15) is 0 Å². The van der Waals surface area contributed by atoms with E-state index in [0.717, 1.165) is 23.3 Å². The summed E-state index contributed by atoms with van der Waals surface area (Å²) in [5, 5.41) is 2.99. The van der Waals surface area contributed by atoms with Crippen LogP contribution < -0.4 is 10.0 Å². The van der Waals surface area contributed by atoms with Gasteiger partial charge in [-0.3, -0.25) is 9.52 Å². The van der Waals surface area contributed by atoms with Gasteiger partial charge in [-0.25, -0.2) is 13.4 Å². The van der Waals surface area contributed by atoms with Crippen LogP contribution in [0.4, 0.5) is 5.13 Å². The van der Waals surface area contributed by atoms with E-state index in [2.05, 4.69) is 15.0 Å². The SMILES string of the molecule is Cc1ccc(S(=O)(=O)Nc2nc3c(s2)C(=O)NCCC3)cc1. The first-order valence-corrected chi connectivity index (χ1v) is 9.13. The van der Waals surface area contributed by atoms with E-state index in [1.165, 1.54) is 0 Å². The van der Waals surface area contributed by atoms with Crippen molar-refractivity contribution >= 4 is 32.4 Å². The van der Waals surface area contributed by atoms with E-state index in [-0.39, 0.29) is 15.9 Å². The second-order valence-corrected chi connectivity index (χ2v) is 7.75. The fraction of sp³-hybridized carbons (Fsp3) is 0.286. The van der Waals surface area contributed by atoms with Crippen LogP contribution in [0.3, 0.4) is 0 Å². The van der Waals surface area contributed by atoms with Gasteiger partial charge in [0.05, 0.1) is 10.6 Å². The molecule has 0 radical (unpaired) electrons. The minimum atomic E-state index is -3.69. The minimum Gasteiger partial charge on any atom is -0.351 e. The van der Waals surface area contributed by atoms with Gasteiger partial charge in [-0.05, 0) is 31.9 Å². The van der Waals surface area contributed by atoms with Gasteiger partial charge < -0.3 is 5.32 Å². The fourth-order valence-corrected chi connectivity index (χ4v) is 4.33. The average Bonchev–Trinajstić information content (AvgIpc) is 2.78. The molecule has 0 saturated carbocycles. The quantitative estimate of drug-likeness (QED) is 0.896. The molecule has 0 atom stereocenters. The second-order valence-electron chi connectivity index (χ2n) is 5.07. The van der Waals surface area contributed by atoms with Crippen molar-refractivity contribution in [1.29, 1.82) is 0 Å². The molecule has 1 aliphatic rings. The molecule has 1 aliphatic heterocycles. The molecule has 116 valence electrons. The van der Waals surface area contributed by atoms with Gasteiger partial charge in [0, 0.05) is 6.54 Å². The van der Waals surface area contributed by atoms with E-state index in [0.29, 0.717) is 23.5 Å². The summed E-state index contributed by atoms with van der Waals surface area (Å²) in [4.78, 5) is 16.8. The first-order valence-electron chi connectivity index (χ1n) is 6.83. The molecule has 8 heteroatoms. The Balaban J connectivity index is 1.88. The van der Waals surface area contributed by atoms with Gasteiger partial charge in [-0.15, -0.1) is 0 Å². The third-order valence-corrected chi connectivity index (χ3v) is 5.83. The molecule has 22 heavy (non-hydrogen) atoms. The largest absolute Gasteiger partial charge is 0.351 e. The summed E-state index contributed by atoms with van der Waals surface area (Å²) in [7, 11) is -3.69. The van der Waals surface area contributed by atoms with Gasteiger partial charge in [0.15, 0.2) is 5.13 Å². The van der Waals surface area contributed by atoms with Crippen LogP contribution in [0.25, 0.3) is 0 Å². The number of carbonyl (C=O) groups excluding carboxylic acids is 1. The Morgan fingerprint density at radius 3 is 2.73 bits per heavy atom. The Labute approximate surface area is 132 Å². The number of hydrogen-bond donors (Lipinski definition) is 2. The molecule has 0 aliphatic carbocycles. The van der Waals surface area contributed by atoms with Crippen LogP contribution in [0.1, 0.15) is 27.3 Å². The fourth-order valence-electron chi connectivity index (χ4n) is 2.17. The molecule has 2 heterocycles. The topological polar surface area (TPSA) is 88.2 Å². The summed E-state index contributed by atoms with van der Waals surface area (Å²) < 4.78 is 27.1. The summed E-state index contributed by atoms with van der Waals surface area (Å²) in [6, 6.07) is 6.56. The van der Waals surface area contributed by atoms with Crippen LogP contribution in [-0.2, 0) is 16.4 Å². The van der Waals surface area contributed by atoms with Crippen LogP contribution in [0, 0.1) is 6.92 Å². The maximum absolute atomic E-state index is 12.3. The maximum Gasteiger partial charge on any atom is 0.263 e. The molecule has 1 amide bonds. The molecule has 2 aromatic rings. The number of anilines is 1. The number of nitrogens with one attached hydrogen (secondary N) is 2. The third kappa shape index (κ3) is 2.97. The van der Waals surface area contributed by atoms with E-state index in [9.17, 15) is 13.2 Å². The van der Waals surface area contributed by atoms with Gasteiger partial charge >= 0.3 is 0 Å². The van der Waals surface area contributed by atoms with Crippen molar-refractivity contribution < 1.29 is 13.2 Å². The monoisotopic (exact) mass is 337 g/mol. The Morgan fingerprint density at radius 2 is 2.00 bits per heavy atom. The lowest BCUT2D eigenvalue weighted by atomic mass is 10.2. The number of rotatable bonds is 3. The van der Waals surface area contributed by atoms with Crippen molar-refractivity contribution in [3.63, 3.8) is 0 Å². The van der Waals surface area contributed by atoms with Crippen molar-refractivity contribution in [2.24, 2.45) is 0 Å². The lowest BCUT2D eigenvalue weighted by molar-refractivity contribution is 0.0960. The van der Waals surface area contributed by atoms with E-state index < -0.39 is 10.0 Å². The zero-order chi connectivity index (χ0) is 15.7. The van der Waals surface area contributed by atoms with E-state index in [1.807, 2.05) is 6.92 Å². The first kappa shape index (κ1) is 15.0. The molecule has 1 aromatic heterocycles. The highest BCUT2D eigenvalue weighted by atomic mass is 32.2. The number of carbonyl (C=O) groups is 1. The van der Waals surface area contributed by atoms with E-state index in [1.54, 1.807) is 24.3 Å². The molecule has 3 rings (SSSR count). The number of nitrogens with zero attached hydrogens (tertiary/aromatic N) is 1. The van der Waals surface area contributed by atoms with Crippen molar-refractivity contribution in [2.45, 2.75) is 24.7 Å². The predicted molar refractivity (Wildman–Crippen MR) is 84.8 cm³/mol. The van der Waals surface area contributed by atoms with Gasteiger partial charge in [0.2, 0.25) is 0 Å². The standard InChI is InChI=1S/C14H15N3O3S2/c1-9-4-6-10(7-5-9)22(19,20)17-14-16-11-3-2-8-15-13(18)12(11)21-14/h4-7H,2-3,8H2,1H3,(H,15,18)(H,16,17). The lowest BCUT2D eigenvalue weighted by Gasteiger charge is -2.05. The lowest BCUT2D eigenvalue weighted by Crippen LogP contribution is -2.21. The minimum absolute atomic E-state index is 0.174. The Hall–Kier alpha value is -1.93. The summed E-state index contributed by atoms with van der Waals surface area (Å²) in [5.41, 5.74) is 1.64. The van der Waals surface area contributed by atoms with Crippen molar-refractivity contribution in [3.05, 3.63) is 40.4 Å². The number of thiazole rings is 1. The van der Waals surface area contributed by atoms with E-state index >= 15 is 0 Å². The van der Waals surface area contributed by atoms with Gasteiger partial charge in [-0.1, -0.05) is 29.0 Å². The molecule has 6 nitrogen and oxygen atoms in total. The first-order chi connectivity index (χ1) is 10.5. The number of aryl methyl sites for hydroxylation is 2. The molecule has 0 spiro atoms. The van der Waals surface area contributed by atoms with Crippen molar-refractivity contribution in [3.8, 4) is 0 Å². The molecule has 0 unspecified atom stereocenters. The Morgan fingerprint density at radius 1 is 1.27 bits per heavy atom. The molecule has 0 saturated heterocycles. The van der Waals surface area contributed by atoms with E-state index in [4.69, 9.17) is 0 Å². The smallest absolute Gasteiger partial charge is 0.263 e. The number of benzene rings is 1. The molecule has 0 fully saturated rings. The number of amides is 1. The second kappa shape index (κ2) is 5.69. The highest BCUT2D eigenvalue weighted by molar-refractivity contribution is 7.93. The number of sulfonamides is 1. The normalized spacial score (nSPS) is 14.9. The maximum atomic E-state index is 12.3. The number of hydrogen-bond acceptors (Lipinski definition) is 5. The van der Waals surface area contributed by atoms with Gasteiger partial charge in [0.25, 0.3) is 15.9 Å². The summed E-state index contributed by atoms with van der Waals surface area (Å²) in [6.07, 6.45) is 1.46. The summed E-state index contributed by atoms with van der Waals surface area (Å²) in [5.74, 6) is -0.189. The molecule has 1 aromatic carbocycles. The van der Waals surface area contributed by atoms with Crippen LogP contribution in [0.2, 0.25) is 0 Å². The van der Waals surface area contributed by atoms with Crippen LogP contribution in [0.5, 0.6) is 0 Å². The molecule has 2 N–H and O–H groups in total.